The summed E-state index contributed by atoms with van der Waals surface area (Å²) in [4.78, 5) is 18.9. The summed E-state index contributed by atoms with van der Waals surface area (Å²) in [6.07, 6.45) is 6.41. The van der Waals surface area contributed by atoms with Gasteiger partial charge in [0.25, 0.3) is 0 Å². The van der Waals surface area contributed by atoms with E-state index in [1.807, 2.05) is 31.2 Å². The minimum atomic E-state index is -0.0537. The molecule has 2 aromatic rings. The van der Waals surface area contributed by atoms with E-state index >= 15 is 0 Å². The van der Waals surface area contributed by atoms with Crippen molar-refractivity contribution in [1.29, 1.82) is 0 Å². The number of para-hydroxylation sites is 2. The number of rotatable bonds is 6. The van der Waals surface area contributed by atoms with Crippen LogP contribution in [0.5, 0.6) is 5.75 Å². The van der Waals surface area contributed by atoms with Crippen LogP contribution in [0.15, 0.2) is 28.8 Å². The molecule has 138 valence electrons. The molecular formula is C20H25N3O3. The molecule has 1 unspecified atom stereocenters. The zero-order valence-electron chi connectivity index (χ0n) is 15.2. The van der Waals surface area contributed by atoms with Crippen molar-refractivity contribution in [2.75, 3.05) is 18.1 Å². The monoisotopic (exact) mass is 355 g/mol. The molecule has 0 bridgehead atoms. The smallest absolute Gasteiger partial charge is 0.232 e. The molecular weight excluding hydrogens is 330 g/mol. The fraction of sp³-hybridized carbons (Fsp3) is 0.550. The maximum absolute atomic E-state index is 12.6. The van der Waals surface area contributed by atoms with Gasteiger partial charge >= 0.3 is 0 Å². The van der Waals surface area contributed by atoms with Crippen molar-refractivity contribution in [3.63, 3.8) is 0 Å². The molecule has 26 heavy (non-hydrogen) atoms. The van der Waals surface area contributed by atoms with E-state index in [0.29, 0.717) is 31.4 Å². The summed E-state index contributed by atoms with van der Waals surface area (Å²) in [6.45, 7) is 3.06. The summed E-state index contributed by atoms with van der Waals surface area (Å²) in [5.74, 6) is 2.80. The first-order valence-corrected chi connectivity index (χ1v) is 9.59. The average molecular weight is 355 g/mol. The zero-order valence-corrected chi connectivity index (χ0v) is 15.2. The largest absolute Gasteiger partial charge is 0.492 e. The van der Waals surface area contributed by atoms with Crippen molar-refractivity contribution in [1.82, 2.24) is 10.1 Å². The van der Waals surface area contributed by atoms with Gasteiger partial charge in [-0.2, -0.15) is 4.98 Å². The van der Waals surface area contributed by atoms with Gasteiger partial charge in [-0.3, -0.25) is 4.79 Å². The lowest BCUT2D eigenvalue weighted by atomic mass is 10.0. The number of hydrogen-bond acceptors (Lipinski definition) is 5. The van der Waals surface area contributed by atoms with E-state index in [1.54, 1.807) is 4.90 Å². The van der Waals surface area contributed by atoms with E-state index in [4.69, 9.17) is 9.26 Å². The Labute approximate surface area is 153 Å². The van der Waals surface area contributed by atoms with Crippen LogP contribution in [0.2, 0.25) is 0 Å². The molecule has 1 aromatic carbocycles. The predicted octanol–water partition coefficient (Wildman–Crippen LogP) is 3.72. The molecule has 1 atom stereocenters. The van der Waals surface area contributed by atoms with Crippen LogP contribution in [0.25, 0.3) is 0 Å². The van der Waals surface area contributed by atoms with Gasteiger partial charge in [-0.1, -0.05) is 43.0 Å². The van der Waals surface area contributed by atoms with Gasteiger partial charge in [-0.25, -0.2) is 0 Å². The molecule has 1 aliphatic heterocycles. The van der Waals surface area contributed by atoms with Crippen LogP contribution in [-0.2, 0) is 11.2 Å². The molecule has 1 saturated carbocycles. The number of amides is 1. The molecule has 1 saturated heterocycles. The van der Waals surface area contributed by atoms with Crippen molar-refractivity contribution in [2.24, 2.45) is 5.92 Å². The molecule has 2 fully saturated rings. The van der Waals surface area contributed by atoms with Gasteiger partial charge in [0, 0.05) is 19.4 Å². The van der Waals surface area contributed by atoms with Gasteiger partial charge in [0.05, 0.1) is 18.2 Å². The van der Waals surface area contributed by atoms with Crippen LogP contribution < -0.4 is 9.64 Å². The minimum Gasteiger partial charge on any atom is -0.492 e. The molecule has 6 nitrogen and oxygen atoms in total. The van der Waals surface area contributed by atoms with E-state index in [-0.39, 0.29) is 11.8 Å². The average Bonchev–Trinajstić information content (AvgIpc) is 3.38. The highest BCUT2D eigenvalue weighted by Gasteiger charge is 2.36. The molecule has 1 amide bonds. The molecule has 0 radical (unpaired) electrons. The molecule has 4 rings (SSSR count). The van der Waals surface area contributed by atoms with Gasteiger partial charge in [0.2, 0.25) is 11.8 Å². The van der Waals surface area contributed by atoms with Crippen molar-refractivity contribution in [3.05, 3.63) is 36.0 Å². The van der Waals surface area contributed by atoms with Crippen molar-refractivity contribution < 1.29 is 14.1 Å². The highest BCUT2D eigenvalue weighted by molar-refractivity contribution is 5.97. The van der Waals surface area contributed by atoms with Crippen molar-refractivity contribution >= 4 is 11.6 Å². The highest BCUT2D eigenvalue weighted by atomic mass is 16.5. The lowest BCUT2D eigenvalue weighted by molar-refractivity contribution is -0.117. The normalized spacial score (nSPS) is 20.9. The lowest BCUT2D eigenvalue weighted by Crippen LogP contribution is -2.25. The zero-order chi connectivity index (χ0) is 17.9. The van der Waals surface area contributed by atoms with E-state index in [0.717, 1.165) is 23.7 Å². The Morgan fingerprint density at radius 2 is 2.08 bits per heavy atom. The van der Waals surface area contributed by atoms with Crippen LogP contribution in [0.4, 0.5) is 5.69 Å². The molecule has 0 spiro atoms. The number of aromatic nitrogens is 2. The minimum absolute atomic E-state index is 0.0537. The summed E-state index contributed by atoms with van der Waals surface area (Å²) >= 11 is 0. The summed E-state index contributed by atoms with van der Waals surface area (Å²) in [7, 11) is 0. The first-order chi connectivity index (χ1) is 12.7. The van der Waals surface area contributed by atoms with Crippen LogP contribution in [-0.4, -0.2) is 29.2 Å². The van der Waals surface area contributed by atoms with Crippen molar-refractivity contribution in [3.8, 4) is 5.75 Å². The maximum atomic E-state index is 12.6. The van der Waals surface area contributed by atoms with E-state index < -0.39 is 0 Å². The van der Waals surface area contributed by atoms with Crippen LogP contribution in [0.3, 0.4) is 0 Å². The van der Waals surface area contributed by atoms with Gasteiger partial charge in [0.1, 0.15) is 5.75 Å². The Hall–Kier alpha value is -2.37. The van der Waals surface area contributed by atoms with Gasteiger partial charge in [-0.15, -0.1) is 0 Å². The molecule has 2 aliphatic rings. The van der Waals surface area contributed by atoms with E-state index in [1.165, 1.54) is 25.7 Å². The van der Waals surface area contributed by atoms with E-state index in [9.17, 15) is 4.79 Å². The Morgan fingerprint density at radius 3 is 2.88 bits per heavy atom. The third-order valence-corrected chi connectivity index (χ3v) is 5.36. The second kappa shape index (κ2) is 7.48. The van der Waals surface area contributed by atoms with Crippen LogP contribution >= 0.6 is 0 Å². The molecule has 2 heterocycles. The first-order valence-electron chi connectivity index (χ1n) is 9.59. The number of carbonyl (C=O) groups is 1. The third-order valence-electron chi connectivity index (χ3n) is 5.36. The standard InChI is InChI=1S/C20H25N3O3/c1-2-25-17-10-6-5-9-16(17)23-13-15(12-19(23)24)20-21-18(22-26-20)11-14-7-3-4-8-14/h5-6,9-10,14-15H,2-4,7-8,11-13H2,1H3. The maximum Gasteiger partial charge on any atom is 0.232 e. The molecule has 1 aromatic heterocycles. The number of ether oxygens (including phenoxy) is 1. The SMILES string of the molecule is CCOc1ccccc1N1CC(c2nc(CC3CCCC3)no2)CC1=O. The Morgan fingerprint density at radius 1 is 1.27 bits per heavy atom. The molecule has 1 aliphatic carbocycles. The lowest BCUT2D eigenvalue weighted by Gasteiger charge is -2.19. The molecule has 6 heteroatoms. The number of carbonyl (C=O) groups excluding carboxylic acids is 1. The second-order valence-corrected chi connectivity index (χ2v) is 7.21. The fourth-order valence-corrected chi connectivity index (χ4v) is 4.05. The molecule has 0 N–H and O–H groups in total. The topological polar surface area (TPSA) is 68.5 Å². The van der Waals surface area contributed by atoms with Crippen molar-refractivity contribution in [2.45, 2.75) is 51.4 Å². The predicted molar refractivity (Wildman–Crippen MR) is 97.3 cm³/mol. The number of hydrogen-bond donors (Lipinski definition) is 0. The Kier molecular flexibility index (Phi) is 4.91. The van der Waals surface area contributed by atoms with Gasteiger partial charge in [-0.05, 0) is 25.0 Å². The summed E-state index contributed by atoms with van der Waals surface area (Å²) in [6, 6.07) is 7.65. The quantitative estimate of drug-likeness (QED) is 0.790. The number of nitrogens with zero attached hydrogens (tertiary/aromatic N) is 3. The summed E-state index contributed by atoms with van der Waals surface area (Å²) < 4.78 is 11.2. The van der Waals surface area contributed by atoms with E-state index in [2.05, 4.69) is 10.1 Å². The number of anilines is 1. The van der Waals surface area contributed by atoms with Gasteiger partial charge in [0.15, 0.2) is 5.82 Å². The Bertz CT molecular complexity index is 767. The summed E-state index contributed by atoms with van der Waals surface area (Å²) in [5.41, 5.74) is 0.813. The second-order valence-electron chi connectivity index (χ2n) is 7.21. The van der Waals surface area contributed by atoms with Crippen LogP contribution in [0, 0.1) is 5.92 Å². The van der Waals surface area contributed by atoms with Crippen LogP contribution in [0.1, 0.15) is 56.7 Å². The summed E-state index contributed by atoms with van der Waals surface area (Å²) in [5, 5.41) is 4.15. The van der Waals surface area contributed by atoms with Gasteiger partial charge < -0.3 is 14.2 Å². The fourth-order valence-electron chi connectivity index (χ4n) is 4.05. The number of benzene rings is 1. The first kappa shape index (κ1) is 17.1. The Balaban J connectivity index is 1.47. The highest BCUT2D eigenvalue weighted by Crippen LogP contribution is 2.36. The third kappa shape index (κ3) is 3.45.